The zero-order valence-electron chi connectivity index (χ0n) is 14.7. The maximum Gasteiger partial charge on any atom is 0.317 e. The van der Waals surface area contributed by atoms with Crippen molar-refractivity contribution in [2.45, 2.75) is 19.5 Å². The Morgan fingerprint density at radius 3 is 2.85 bits per heavy atom. The second kappa shape index (κ2) is 7.20. The molecule has 0 saturated heterocycles. The van der Waals surface area contributed by atoms with Crippen molar-refractivity contribution in [3.05, 3.63) is 65.0 Å². The maximum atomic E-state index is 12.5. The van der Waals surface area contributed by atoms with E-state index in [1.165, 1.54) is 0 Å². The highest BCUT2D eigenvalue weighted by Gasteiger charge is 2.19. The van der Waals surface area contributed by atoms with Crippen LogP contribution >= 0.6 is 0 Å². The summed E-state index contributed by atoms with van der Waals surface area (Å²) in [5.41, 5.74) is 4.61. The highest BCUT2D eigenvalue weighted by Crippen LogP contribution is 2.20. The highest BCUT2D eigenvalue weighted by molar-refractivity contribution is 5.94. The largest absolute Gasteiger partial charge is 0.480 e. The fourth-order valence-electron chi connectivity index (χ4n) is 3.43. The SMILES string of the molecule is O=C(O)CN1CCc2cc(C(=O)NCc3nc4ccccc4[nH]3)ccc2C1. The van der Waals surface area contributed by atoms with Crippen molar-refractivity contribution >= 4 is 22.9 Å². The van der Waals surface area contributed by atoms with E-state index in [2.05, 4.69) is 15.3 Å². The van der Waals surface area contributed by atoms with E-state index in [1.54, 1.807) is 6.07 Å². The van der Waals surface area contributed by atoms with Crippen molar-refractivity contribution < 1.29 is 14.7 Å². The van der Waals surface area contributed by atoms with Gasteiger partial charge in [-0.05, 0) is 41.8 Å². The van der Waals surface area contributed by atoms with Gasteiger partial charge in [-0.1, -0.05) is 18.2 Å². The fraction of sp³-hybridized carbons (Fsp3) is 0.250. The zero-order valence-corrected chi connectivity index (χ0v) is 14.7. The van der Waals surface area contributed by atoms with E-state index in [1.807, 2.05) is 41.3 Å². The highest BCUT2D eigenvalue weighted by atomic mass is 16.4. The third kappa shape index (κ3) is 3.83. The summed E-state index contributed by atoms with van der Waals surface area (Å²) >= 11 is 0. The van der Waals surface area contributed by atoms with Crippen molar-refractivity contribution in [3.63, 3.8) is 0 Å². The van der Waals surface area contributed by atoms with E-state index in [4.69, 9.17) is 5.11 Å². The average Bonchev–Trinajstić information content (AvgIpc) is 3.08. The average molecular weight is 364 g/mol. The Morgan fingerprint density at radius 2 is 2.04 bits per heavy atom. The molecule has 1 aliphatic rings. The first-order chi connectivity index (χ1) is 13.1. The molecule has 0 unspecified atom stereocenters. The monoisotopic (exact) mass is 364 g/mol. The van der Waals surface area contributed by atoms with Gasteiger partial charge in [0.2, 0.25) is 0 Å². The van der Waals surface area contributed by atoms with Crippen LogP contribution in [0.3, 0.4) is 0 Å². The number of carboxylic acid groups (broad SMARTS) is 1. The third-order valence-corrected chi connectivity index (χ3v) is 4.77. The van der Waals surface area contributed by atoms with Gasteiger partial charge >= 0.3 is 5.97 Å². The standard InChI is InChI=1S/C20H20N4O3/c25-19(26)12-24-8-7-13-9-14(5-6-15(13)11-24)20(27)21-10-18-22-16-3-1-2-4-17(16)23-18/h1-6,9H,7-8,10-12H2,(H,21,27)(H,22,23)(H,25,26). The molecule has 2 aromatic carbocycles. The van der Waals surface area contributed by atoms with Crippen LogP contribution < -0.4 is 5.32 Å². The summed E-state index contributed by atoms with van der Waals surface area (Å²) in [4.78, 5) is 32.9. The zero-order chi connectivity index (χ0) is 18.8. The summed E-state index contributed by atoms with van der Waals surface area (Å²) in [6.07, 6.45) is 0.743. The van der Waals surface area contributed by atoms with Crippen molar-refractivity contribution in [1.29, 1.82) is 0 Å². The number of aromatic nitrogens is 2. The molecule has 4 rings (SSSR count). The topological polar surface area (TPSA) is 98.3 Å². The quantitative estimate of drug-likeness (QED) is 0.643. The molecule has 1 amide bonds. The van der Waals surface area contributed by atoms with Gasteiger partial charge in [0.15, 0.2) is 0 Å². The second-order valence-electron chi connectivity index (χ2n) is 6.72. The Bertz CT molecular complexity index is 978. The lowest BCUT2D eigenvalue weighted by molar-refractivity contribution is -0.138. The number of fused-ring (bicyclic) bond motifs is 2. The van der Waals surface area contributed by atoms with Crippen LogP contribution in [0.4, 0.5) is 0 Å². The number of H-pyrrole nitrogens is 1. The number of carbonyl (C=O) groups is 2. The van der Waals surface area contributed by atoms with Crippen LogP contribution in [0, 0.1) is 0 Å². The minimum atomic E-state index is -0.819. The van der Waals surface area contributed by atoms with Crippen molar-refractivity contribution in [2.24, 2.45) is 0 Å². The number of carbonyl (C=O) groups excluding carboxylic acids is 1. The Morgan fingerprint density at radius 1 is 1.19 bits per heavy atom. The fourth-order valence-corrected chi connectivity index (χ4v) is 3.43. The number of benzene rings is 2. The Labute approximate surface area is 156 Å². The summed E-state index contributed by atoms with van der Waals surface area (Å²) in [7, 11) is 0. The number of hydrogen-bond acceptors (Lipinski definition) is 4. The minimum absolute atomic E-state index is 0.0409. The Hall–Kier alpha value is -3.19. The molecule has 2 heterocycles. The number of aromatic amines is 1. The predicted molar refractivity (Wildman–Crippen MR) is 100 cm³/mol. The lowest BCUT2D eigenvalue weighted by Crippen LogP contribution is -2.35. The summed E-state index contributed by atoms with van der Waals surface area (Å²) in [5.74, 6) is -0.252. The molecular weight excluding hydrogens is 344 g/mol. The lowest BCUT2D eigenvalue weighted by Gasteiger charge is -2.27. The molecule has 0 spiro atoms. The van der Waals surface area contributed by atoms with Gasteiger partial charge in [-0.2, -0.15) is 0 Å². The van der Waals surface area contributed by atoms with E-state index in [-0.39, 0.29) is 12.5 Å². The number of aliphatic carboxylic acids is 1. The molecule has 7 nitrogen and oxygen atoms in total. The van der Waals surface area contributed by atoms with Gasteiger partial charge in [0, 0.05) is 18.7 Å². The molecule has 1 aromatic heterocycles. The van der Waals surface area contributed by atoms with Gasteiger partial charge in [0.1, 0.15) is 5.82 Å². The molecule has 7 heteroatoms. The second-order valence-corrected chi connectivity index (χ2v) is 6.72. The van der Waals surface area contributed by atoms with Crippen molar-refractivity contribution in [2.75, 3.05) is 13.1 Å². The van der Waals surface area contributed by atoms with Crippen molar-refractivity contribution in [1.82, 2.24) is 20.2 Å². The van der Waals surface area contributed by atoms with Crippen LogP contribution in [0.1, 0.15) is 27.3 Å². The van der Waals surface area contributed by atoms with Crippen molar-refractivity contribution in [3.8, 4) is 0 Å². The Balaban J connectivity index is 1.41. The molecule has 0 aliphatic carbocycles. The molecule has 1 aliphatic heterocycles. The molecule has 27 heavy (non-hydrogen) atoms. The first-order valence-electron chi connectivity index (χ1n) is 8.86. The summed E-state index contributed by atoms with van der Waals surface area (Å²) in [6, 6.07) is 13.3. The molecular formula is C20H20N4O3. The smallest absolute Gasteiger partial charge is 0.317 e. The summed E-state index contributed by atoms with van der Waals surface area (Å²) in [5, 5.41) is 11.8. The molecule has 0 saturated carbocycles. The van der Waals surface area contributed by atoms with E-state index >= 15 is 0 Å². The van der Waals surface area contributed by atoms with Gasteiger partial charge in [-0.15, -0.1) is 0 Å². The number of hydrogen-bond donors (Lipinski definition) is 3. The van der Waals surface area contributed by atoms with Gasteiger partial charge < -0.3 is 15.4 Å². The van der Waals surface area contributed by atoms with E-state index in [0.29, 0.717) is 31.0 Å². The summed E-state index contributed by atoms with van der Waals surface area (Å²) < 4.78 is 0. The van der Waals surface area contributed by atoms with Gasteiger partial charge in [0.25, 0.3) is 5.91 Å². The Kier molecular flexibility index (Phi) is 4.60. The van der Waals surface area contributed by atoms with Crippen LogP contribution in [-0.4, -0.2) is 44.9 Å². The third-order valence-electron chi connectivity index (χ3n) is 4.77. The summed E-state index contributed by atoms with van der Waals surface area (Å²) in [6.45, 7) is 1.65. The minimum Gasteiger partial charge on any atom is -0.480 e. The van der Waals surface area contributed by atoms with Crippen LogP contribution in [0.25, 0.3) is 11.0 Å². The van der Waals surface area contributed by atoms with Gasteiger partial charge in [0.05, 0.1) is 24.1 Å². The maximum absolute atomic E-state index is 12.5. The molecule has 0 atom stereocenters. The molecule has 0 bridgehead atoms. The molecule has 3 aromatic rings. The number of nitrogens with one attached hydrogen (secondary N) is 2. The number of carboxylic acids is 1. The van der Waals surface area contributed by atoms with E-state index < -0.39 is 5.97 Å². The van der Waals surface area contributed by atoms with E-state index in [0.717, 1.165) is 28.6 Å². The van der Waals surface area contributed by atoms with Crippen LogP contribution in [0.5, 0.6) is 0 Å². The first kappa shape index (κ1) is 17.2. The van der Waals surface area contributed by atoms with Crippen LogP contribution in [-0.2, 0) is 24.3 Å². The molecule has 138 valence electrons. The number of imidazole rings is 1. The van der Waals surface area contributed by atoms with Gasteiger partial charge in [-0.25, -0.2) is 4.98 Å². The number of nitrogens with zero attached hydrogens (tertiary/aromatic N) is 2. The predicted octanol–water partition coefficient (Wildman–Crippen LogP) is 1.94. The van der Waals surface area contributed by atoms with Crippen LogP contribution in [0.2, 0.25) is 0 Å². The van der Waals surface area contributed by atoms with Crippen LogP contribution in [0.15, 0.2) is 42.5 Å². The number of amides is 1. The number of rotatable bonds is 5. The molecule has 3 N–H and O–H groups in total. The molecule has 0 radical (unpaired) electrons. The first-order valence-corrected chi connectivity index (χ1v) is 8.86. The normalized spacial score (nSPS) is 14.1. The molecule has 0 fully saturated rings. The van der Waals surface area contributed by atoms with E-state index in [9.17, 15) is 9.59 Å². The lowest BCUT2D eigenvalue weighted by atomic mass is 9.97. The number of para-hydroxylation sites is 2. The van der Waals surface area contributed by atoms with Gasteiger partial charge in [-0.3, -0.25) is 14.5 Å².